The zero-order valence-corrected chi connectivity index (χ0v) is 18.3. The van der Waals surface area contributed by atoms with Crippen LogP contribution in [0, 0.1) is 0 Å². The van der Waals surface area contributed by atoms with E-state index in [1.54, 1.807) is 26.0 Å². The normalized spacial score (nSPS) is 10.9. The van der Waals surface area contributed by atoms with Gasteiger partial charge in [0.2, 0.25) is 5.88 Å². The van der Waals surface area contributed by atoms with Gasteiger partial charge in [-0.3, -0.25) is 4.68 Å². The highest BCUT2D eigenvalue weighted by Crippen LogP contribution is 2.32. The van der Waals surface area contributed by atoms with Gasteiger partial charge in [0.25, 0.3) is 0 Å². The van der Waals surface area contributed by atoms with Gasteiger partial charge in [-0.15, -0.1) is 15.3 Å². The van der Waals surface area contributed by atoms with Gasteiger partial charge in [0.05, 0.1) is 20.8 Å². The van der Waals surface area contributed by atoms with Crippen molar-refractivity contribution in [3.63, 3.8) is 0 Å². The number of aromatic nitrogens is 5. The lowest BCUT2D eigenvalue weighted by molar-refractivity contribution is 0.322. The first-order valence-corrected chi connectivity index (χ1v) is 10.6. The molecule has 0 aliphatic rings. The molecule has 0 atom stereocenters. The van der Waals surface area contributed by atoms with E-state index in [1.165, 1.54) is 0 Å². The fourth-order valence-corrected chi connectivity index (χ4v) is 3.87. The first-order chi connectivity index (χ1) is 14.1. The molecule has 0 saturated carbocycles. The first kappa shape index (κ1) is 21.0. The molecule has 2 heterocycles. The van der Waals surface area contributed by atoms with E-state index in [1.807, 2.05) is 42.9 Å². The average molecular weight is 418 g/mol. The molecule has 0 radical (unpaired) electrons. The van der Waals surface area contributed by atoms with Gasteiger partial charge in [-0.1, -0.05) is 11.8 Å². The number of thioether (sulfide) groups is 1. The SMILES string of the molecule is CCOc1nn(CC)cc1-c1nnc(SCc2cc(OC)cc(OC)c2)n1CC. The third kappa shape index (κ3) is 4.67. The number of hydrogen-bond donors (Lipinski definition) is 0. The summed E-state index contributed by atoms with van der Waals surface area (Å²) in [5.41, 5.74) is 1.95. The van der Waals surface area contributed by atoms with E-state index in [2.05, 4.69) is 26.8 Å². The fraction of sp³-hybridized carbons (Fsp3) is 0.450. The van der Waals surface area contributed by atoms with Crippen molar-refractivity contribution in [1.82, 2.24) is 24.5 Å². The Morgan fingerprint density at radius 2 is 1.69 bits per heavy atom. The molecule has 0 spiro atoms. The molecule has 0 bridgehead atoms. The summed E-state index contributed by atoms with van der Waals surface area (Å²) in [7, 11) is 3.30. The number of ether oxygens (including phenoxy) is 3. The lowest BCUT2D eigenvalue weighted by atomic mass is 10.2. The molecular weight excluding hydrogens is 390 g/mol. The van der Waals surface area contributed by atoms with Gasteiger partial charge in [0.15, 0.2) is 11.0 Å². The number of nitrogens with zero attached hydrogens (tertiary/aromatic N) is 5. The Bertz CT molecular complexity index is 931. The predicted molar refractivity (Wildman–Crippen MR) is 113 cm³/mol. The highest BCUT2D eigenvalue weighted by molar-refractivity contribution is 7.98. The number of methoxy groups -OCH3 is 2. The van der Waals surface area contributed by atoms with Crippen LogP contribution in [0.1, 0.15) is 26.3 Å². The van der Waals surface area contributed by atoms with E-state index in [0.29, 0.717) is 12.5 Å². The van der Waals surface area contributed by atoms with E-state index in [4.69, 9.17) is 14.2 Å². The van der Waals surface area contributed by atoms with Gasteiger partial charge in [0.1, 0.15) is 17.1 Å². The van der Waals surface area contributed by atoms with Crippen molar-refractivity contribution in [3.8, 4) is 28.8 Å². The van der Waals surface area contributed by atoms with Crippen LogP contribution in [0.4, 0.5) is 0 Å². The van der Waals surface area contributed by atoms with Gasteiger partial charge in [-0.2, -0.15) is 0 Å². The molecular formula is C20H27N5O3S. The molecule has 0 amide bonds. The number of rotatable bonds is 10. The largest absolute Gasteiger partial charge is 0.497 e. The van der Waals surface area contributed by atoms with Gasteiger partial charge < -0.3 is 18.8 Å². The summed E-state index contributed by atoms with van der Waals surface area (Å²) in [5, 5.41) is 14.2. The highest BCUT2D eigenvalue weighted by atomic mass is 32.2. The van der Waals surface area contributed by atoms with E-state index in [-0.39, 0.29) is 0 Å². The van der Waals surface area contributed by atoms with Crippen molar-refractivity contribution in [2.24, 2.45) is 0 Å². The van der Waals surface area contributed by atoms with Crippen LogP contribution in [0.15, 0.2) is 29.6 Å². The maximum atomic E-state index is 5.72. The smallest absolute Gasteiger partial charge is 0.243 e. The van der Waals surface area contributed by atoms with E-state index in [0.717, 1.165) is 52.4 Å². The molecule has 0 aliphatic carbocycles. The Morgan fingerprint density at radius 3 is 2.28 bits per heavy atom. The molecule has 0 unspecified atom stereocenters. The minimum absolute atomic E-state index is 0.549. The third-order valence-corrected chi connectivity index (χ3v) is 5.42. The molecule has 2 aromatic heterocycles. The van der Waals surface area contributed by atoms with Crippen LogP contribution in [-0.4, -0.2) is 45.4 Å². The molecule has 0 saturated heterocycles. The van der Waals surface area contributed by atoms with Crippen molar-refractivity contribution < 1.29 is 14.2 Å². The van der Waals surface area contributed by atoms with Crippen molar-refractivity contribution in [3.05, 3.63) is 30.0 Å². The molecule has 0 N–H and O–H groups in total. The summed E-state index contributed by atoms with van der Waals surface area (Å²) >= 11 is 1.62. The maximum absolute atomic E-state index is 5.72. The second kappa shape index (κ2) is 9.69. The van der Waals surface area contributed by atoms with Gasteiger partial charge in [0, 0.05) is 31.1 Å². The Kier molecular flexibility index (Phi) is 7.03. The quantitative estimate of drug-likeness (QED) is 0.463. The minimum atomic E-state index is 0.549. The van der Waals surface area contributed by atoms with Crippen molar-refractivity contribution in [1.29, 1.82) is 0 Å². The summed E-state index contributed by atoms with van der Waals surface area (Å²) in [6.07, 6.45) is 1.96. The van der Waals surface area contributed by atoms with Crippen LogP contribution >= 0.6 is 11.8 Å². The third-order valence-electron chi connectivity index (χ3n) is 4.39. The van der Waals surface area contributed by atoms with E-state index < -0.39 is 0 Å². The second-order valence-electron chi connectivity index (χ2n) is 6.20. The van der Waals surface area contributed by atoms with Gasteiger partial charge in [-0.25, -0.2) is 0 Å². The van der Waals surface area contributed by atoms with E-state index in [9.17, 15) is 0 Å². The Morgan fingerprint density at radius 1 is 0.966 bits per heavy atom. The highest BCUT2D eigenvalue weighted by Gasteiger charge is 2.20. The Hall–Kier alpha value is -2.68. The molecule has 0 aliphatic heterocycles. The molecule has 156 valence electrons. The van der Waals surface area contributed by atoms with Crippen molar-refractivity contribution in [2.75, 3.05) is 20.8 Å². The second-order valence-corrected chi connectivity index (χ2v) is 7.14. The molecule has 1 aromatic carbocycles. The van der Waals surface area contributed by atoms with Crippen LogP contribution in [0.3, 0.4) is 0 Å². The maximum Gasteiger partial charge on any atom is 0.243 e. The topological polar surface area (TPSA) is 76.2 Å². The summed E-state index contributed by atoms with van der Waals surface area (Å²) in [6.45, 7) is 8.13. The summed E-state index contributed by atoms with van der Waals surface area (Å²) < 4.78 is 20.4. The fourth-order valence-electron chi connectivity index (χ4n) is 2.94. The first-order valence-electron chi connectivity index (χ1n) is 9.61. The molecule has 29 heavy (non-hydrogen) atoms. The van der Waals surface area contributed by atoms with Crippen LogP contribution in [0.2, 0.25) is 0 Å². The monoisotopic (exact) mass is 417 g/mol. The minimum Gasteiger partial charge on any atom is -0.497 e. The lowest BCUT2D eigenvalue weighted by Crippen LogP contribution is -2.01. The summed E-state index contributed by atoms with van der Waals surface area (Å²) in [5.74, 6) is 3.61. The predicted octanol–water partition coefficient (Wildman–Crippen LogP) is 3.89. The number of benzene rings is 1. The summed E-state index contributed by atoms with van der Waals surface area (Å²) in [6, 6.07) is 5.87. The zero-order valence-electron chi connectivity index (χ0n) is 17.5. The number of hydrogen-bond acceptors (Lipinski definition) is 7. The van der Waals surface area contributed by atoms with Crippen molar-refractivity contribution >= 4 is 11.8 Å². The molecule has 9 heteroatoms. The van der Waals surface area contributed by atoms with Crippen LogP contribution in [0.5, 0.6) is 17.4 Å². The average Bonchev–Trinajstić information content (AvgIpc) is 3.35. The Labute approximate surface area is 175 Å². The molecule has 8 nitrogen and oxygen atoms in total. The molecule has 0 fully saturated rings. The molecule has 3 rings (SSSR count). The number of aryl methyl sites for hydroxylation is 1. The van der Waals surface area contributed by atoms with Crippen LogP contribution in [-0.2, 0) is 18.8 Å². The van der Waals surface area contributed by atoms with Gasteiger partial charge >= 0.3 is 0 Å². The van der Waals surface area contributed by atoms with Crippen LogP contribution in [0.25, 0.3) is 11.4 Å². The standard InChI is InChI=1S/C20H27N5O3S/c1-6-24-12-17(19(23-24)28-8-3)18-21-22-20(25(18)7-2)29-13-14-9-15(26-4)11-16(10-14)27-5/h9-12H,6-8,13H2,1-5H3. The zero-order chi connectivity index (χ0) is 20.8. The van der Waals surface area contributed by atoms with Crippen LogP contribution < -0.4 is 14.2 Å². The van der Waals surface area contributed by atoms with E-state index >= 15 is 0 Å². The lowest BCUT2D eigenvalue weighted by Gasteiger charge is -2.09. The molecule has 3 aromatic rings. The Balaban J connectivity index is 1.86. The van der Waals surface area contributed by atoms with Crippen molar-refractivity contribution in [2.45, 2.75) is 44.8 Å². The van der Waals surface area contributed by atoms with Gasteiger partial charge in [-0.05, 0) is 38.5 Å². The summed E-state index contributed by atoms with van der Waals surface area (Å²) in [4.78, 5) is 0.